The molecule has 0 bridgehead atoms. The van der Waals surface area contributed by atoms with Crippen LogP contribution in [-0.4, -0.2) is 58.9 Å². The average Bonchev–Trinajstić information content (AvgIpc) is 3.08. The number of likely N-dealkylation sites (tertiary alicyclic amines) is 1. The van der Waals surface area contributed by atoms with Crippen LogP contribution < -0.4 is 10.6 Å². The third-order valence-corrected chi connectivity index (χ3v) is 5.13. The first kappa shape index (κ1) is 20.3. The maximum atomic E-state index is 4.34. The number of hydrogen-bond acceptors (Lipinski definition) is 4. The summed E-state index contributed by atoms with van der Waals surface area (Å²) in [4.78, 5) is 10.9. The van der Waals surface area contributed by atoms with Crippen LogP contribution in [0.4, 0.5) is 0 Å². The largest absolute Gasteiger partial charge is 0.356 e. The third kappa shape index (κ3) is 6.96. The van der Waals surface area contributed by atoms with Crippen LogP contribution in [-0.2, 0) is 13.1 Å². The lowest BCUT2D eigenvalue weighted by molar-refractivity contribution is 0.282. The van der Waals surface area contributed by atoms with E-state index < -0.39 is 0 Å². The molecular formula is C21H33N7. The normalized spacial score (nSPS) is 16.0. The second kappa shape index (κ2) is 11.4. The Morgan fingerprint density at radius 1 is 1.11 bits per heavy atom. The van der Waals surface area contributed by atoms with E-state index in [1.54, 1.807) is 12.7 Å². The highest BCUT2D eigenvalue weighted by atomic mass is 15.3. The molecule has 152 valence electrons. The van der Waals surface area contributed by atoms with Crippen molar-refractivity contribution in [3.8, 4) is 0 Å². The summed E-state index contributed by atoms with van der Waals surface area (Å²) in [5, 5.41) is 11.0. The zero-order chi connectivity index (χ0) is 19.4. The molecule has 7 nitrogen and oxygen atoms in total. The van der Waals surface area contributed by atoms with Crippen LogP contribution in [0.5, 0.6) is 0 Å². The quantitative estimate of drug-likeness (QED) is 0.416. The molecule has 1 saturated heterocycles. The Morgan fingerprint density at radius 2 is 1.93 bits per heavy atom. The van der Waals surface area contributed by atoms with Crippen molar-refractivity contribution in [2.75, 3.05) is 33.2 Å². The molecule has 0 radical (unpaired) electrons. The van der Waals surface area contributed by atoms with Gasteiger partial charge in [-0.25, -0.2) is 9.67 Å². The lowest BCUT2D eigenvalue weighted by atomic mass is 10.1. The number of guanidine groups is 1. The molecule has 1 aliphatic rings. The minimum absolute atomic E-state index is 0.733. The lowest BCUT2D eigenvalue weighted by Crippen LogP contribution is -2.38. The number of benzene rings is 1. The van der Waals surface area contributed by atoms with Gasteiger partial charge in [-0.3, -0.25) is 4.99 Å². The predicted molar refractivity (Wildman–Crippen MR) is 113 cm³/mol. The van der Waals surface area contributed by atoms with E-state index in [1.165, 1.54) is 56.4 Å². The molecule has 0 saturated carbocycles. The summed E-state index contributed by atoms with van der Waals surface area (Å²) >= 11 is 0. The number of hydrogen-bond donors (Lipinski definition) is 2. The molecule has 1 fully saturated rings. The molecular weight excluding hydrogens is 350 g/mol. The van der Waals surface area contributed by atoms with Crippen molar-refractivity contribution < 1.29 is 0 Å². The molecule has 1 aromatic carbocycles. The van der Waals surface area contributed by atoms with Crippen molar-refractivity contribution >= 4 is 5.96 Å². The first-order chi connectivity index (χ1) is 13.8. The summed E-state index contributed by atoms with van der Waals surface area (Å²) in [6.45, 7) is 6.13. The van der Waals surface area contributed by atoms with E-state index in [0.29, 0.717) is 0 Å². The molecule has 1 aliphatic heterocycles. The fraction of sp³-hybridized carbons (Fsp3) is 0.571. The van der Waals surface area contributed by atoms with Crippen molar-refractivity contribution in [3.05, 3.63) is 48.0 Å². The highest BCUT2D eigenvalue weighted by molar-refractivity contribution is 5.79. The molecule has 2 heterocycles. The monoisotopic (exact) mass is 383 g/mol. The average molecular weight is 384 g/mol. The van der Waals surface area contributed by atoms with Crippen molar-refractivity contribution in [1.29, 1.82) is 0 Å². The maximum absolute atomic E-state index is 4.34. The summed E-state index contributed by atoms with van der Waals surface area (Å²) in [7, 11) is 1.82. The van der Waals surface area contributed by atoms with Gasteiger partial charge >= 0.3 is 0 Å². The molecule has 2 aromatic rings. The number of aromatic nitrogens is 3. The van der Waals surface area contributed by atoms with Crippen LogP contribution in [0.2, 0.25) is 0 Å². The van der Waals surface area contributed by atoms with Crippen LogP contribution in [0.3, 0.4) is 0 Å². The Bertz CT molecular complexity index is 703. The van der Waals surface area contributed by atoms with Gasteiger partial charge in [-0.15, -0.1) is 0 Å². The van der Waals surface area contributed by atoms with Crippen molar-refractivity contribution in [1.82, 2.24) is 30.3 Å². The summed E-state index contributed by atoms with van der Waals surface area (Å²) in [6.07, 6.45) is 9.94. The van der Waals surface area contributed by atoms with E-state index >= 15 is 0 Å². The van der Waals surface area contributed by atoms with Crippen LogP contribution in [0.25, 0.3) is 0 Å². The summed E-state index contributed by atoms with van der Waals surface area (Å²) in [5.41, 5.74) is 2.44. The molecule has 28 heavy (non-hydrogen) atoms. The van der Waals surface area contributed by atoms with Crippen LogP contribution >= 0.6 is 0 Å². The summed E-state index contributed by atoms with van der Waals surface area (Å²) < 4.78 is 1.83. The predicted octanol–water partition coefficient (Wildman–Crippen LogP) is 2.26. The Labute approximate surface area is 168 Å². The highest BCUT2D eigenvalue weighted by Crippen LogP contribution is 2.09. The zero-order valence-corrected chi connectivity index (χ0v) is 17.0. The van der Waals surface area contributed by atoms with Gasteiger partial charge in [-0.2, -0.15) is 5.10 Å². The van der Waals surface area contributed by atoms with E-state index in [2.05, 4.69) is 54.9 Å². The van der Waals surface area contributed by atoms with E-state index in [9.17, 15) is 0 Å². The molecule has 0 unspecified atom stereocenters. The van der Waals surface area contributed by atoms with Crippen LogP contribution in [0.1, 0.15) is 43.2 Å². The Balaban J connectivity index is 1.37. The Morgan fingerprint density at radius 3 is 2.68 bits per heavy atom. The van der Waals surface area contributed by atoms with Crippen molar-refractivity contribution in [3.63, 3.8) is 0 Å². The minimum atomic E-state index is 0.733. The third-order valence-electron chi connectivity index (χ3n) is 5.13. The summed E-state index contributed by atoms with van der Waals surface area (Å²) in [5.74, 6) is 0.859. The van der Waals surface area contributed by atoms with Gasteiger partial charge in [-0.05, 0) is 50.0 Å². The zero-order valence-electron chi connectivity index (χ0n) is 17.0. The van der Waals surface area contributed by atoms with E-state index in [1.807, 2.05) is 11.7 Å². The van der Waals surface area contributed by atoms with Gasteiger partial charge in [-0.1, -0.05) is 37.1 Å². The maximum Gasteiger partial charge on any atom is 0.191 e. The molecule has 1 aromatic heterocycles. The fourth-order valence-corrected chi connectivity index (χ4v) is 3.62. The van der Waals surface area contributed by atoms with E-state index in [-0.39, 0.29) is 0 Å². The van der Waals surface area contributed by atoms with Gasteiger partial charge in [0.05, 0.1) is 6.54 Å². The van der Waals surface area contributed by atoms with Crippen molar-refractivity contribution in [2.45, 2.75) is 45.2 Å². The summed E-state index contributed by atoms with van der Waals surface area (Å²) in [6, 6.07) is 8.52. The molecule has 0 aliphatic carbocycles. The minimum Gasteiger partial charge on any atom is -0.356 e. The number of rotatable bonds is 8. The number of nitrogens with zero attached hydrogens (tertiary/aromatic N) is 5. The highest BCUT2D eigenvalue weighted by Gasteiger charge is 2.08. The molecule has 7 heteroatoms. The fourth-order valence-electron chi connectivity index (χ4n) is 3.62. The lowest BCUT2D eigenvalue weighted by Gasteiger charge is -2.20. The van der Waals surface area contributed by atoms with Gasteiger partial charge < -0.3 is 15.5 Å². The SMILES string of the molecule is CN=C(NCCCN1CCCCCC1)NCc1cccc(Cn2cncn2)c1. The molecule has 0 amide bonds. The van der Waals surface area contributed by atoms with Crippen molar-refractivity contribution in [2.24, 2.45) is 4.99 Å². The van der Waals surface area contributed by atoms with Gasteiger partial charge in [0, 0.05) is 20.1 Å². The van der Waals surface area contributed by atoms with Gasteiger partial charge in [0.25, 0.3) is 0 Å². The molecule has 0 spiro atoms. The van der Waals surface area contributed by atoms with Crippen LogP contribution in [0, 0.1) is 0 Å². The molecule has 0 atom stereocenters. The standard InChI is InChI=1S/C21H33N7/c1-22-21(24-10-7-13-27-11-4-2-3-5-12-27)25-15-19-8-6-9-20(14-19)16-28-18-23-17-26-28/h6,8-9,14,17-18H,2-5,7,10-13,15-16H2,1H3,(H2,22,24,25). The van der Waals surface area contributed by atoms with Gasteiger partial charge in [0.15, 0.2) is 5.96 Å². The number of nitrogens with one attached hydrogen (secondary N) is 2. The topological polar surface area (TPSA) is 70.4 Å². The van der Waals surface area contributed by atoms with E-state index in [4.69, 9.17) is 0 Å². The molecule has 3 rings (SSSR count). The Kier molecular flexibility index (Phi) is 8.30. The smallest absolute Gasteiger partial charge is 0.191 e. The van der Waals surface area contributed by atoms with Crippen LogP contribution in [0.15, 0.2) is 41.9 Å². The Hall–Kier alpha value is -2.41. The second-order valence-corrected chi connectivity index (χ2v) is 7.37. The first-order valence-corrected chi connectivity index (χ1v) is 10.4. The van der Waals surface area contributed by atoms with E-state index in [0.717, 1.165) is 32.0 Å². The van der Waals surface area contributed by atoms with Gasteiger partial charge in [0.1, 0.15) is 12.7 Å². The first-order valence-electron chi connectivity index (χ1n) is 10.4. The second-order valence-electron chi connectivity index (χ2n) is 7.37. The number of aliphatic imine (C=N–C) groups is 1. The van der Waals surface area contributed by atoms with Gasteiger partial charge in [0.2, 0.25) is 0 Å². The molecule has 2 N–H and O–H groups in total.